The lowest BCUT2D eigenvalue weighted by Gasteiger charge is -2.32. The lowest BCUT2D eigenvalue weighted by atomic mass is 10.1. The van der Waals surface area contributed by atoms with Crippen molar-refractivity contribution in [3.63, 3.8) is 0 Å². The number of piperazine rings is 1. The molecule has 1 aromatic carbocycles. The predicted octanol–water partition coefficient (Wildman–Crippen LogP) is 0.240. The molecule has 1 saturated heterocycles. The number of carbonyl (C=O) groups excluding carboxylic acids is 1. The first-order chi connectivity index (χ1) is 10.1. The minimum absolute atomic E-state index is 0.0628. The molecule has 6 heteroatoms. The molecule has 0 radical (unpaired) electrons. The summed E-state index contributed by atoms with van der Waals surface area (Å²) in [7, 11) is 2.05. The number of nitrogens with zero attached hydrogens (tertiary/aromatic N) is 3. The van der Waals surface area contributed by atoms with E-state index in [1.54, 1.807) is 6.07 Å². The maximum absolute atomic E-state index is 12.4. The Hall–Kier alpha value is -2.21. The van der Waals surface area contributed by atoms with Crippen LogP contribution in [0.2, 0.25) is 0 Å². The number of benzene rings is 1. The van der Waals surface area contributed by atoms with Gasteiger partial charge in [-0.1, -0.05) is 18.2 Å². The summed E-state index contributed by atoms with van der Waals surface area (Å²) in [6, 6.07) is 7.25. The second kappa shape index (κ2) is 5.65. The summed E-state index contributed by atoms with van der Waals surface area (Å²) < 4.78 is 0. The largest absolute Gasteiger partial charge is 0.340 e. The molecule has 3 rings (SSSR count). The second-order valence-electron chi connectivity index (χ2n) is 5.41. The summed E-state index contributed by atoms with van der Waals surface area (Å²) in [5.41, 5.74) is 0.413. The van der Waals surface area contributed by atoms with Crippen molar-refractivity contribution < 1.29 is 4.79 Å². The molecule has 1 aliphatic heterocycles. The average Bonchev–Trinajstić information content (AvgIpc) is 2.51. The molecule has 1 fully saturated rings. The molecule has 1 N–H and O–H groups in total. The van der Waals surface area contributed by atoms with Gasteiger partial charge in [0.15, 0.2) is 0 Å². The van der Waals surface area contributed by atoms with Gasteiger partial charge in [-0.25, -0.2) is 5.10 Å². The monoisotopic (exact) mass is 286 g/mol. The SMILES string of the molecule is CN1CCN(C(=O)Cc2n[nH]c(=O)c3ccccc23)CC1. The van der Waals surface area contributed by atoms with Crippen LogP contribution < -0.4 is 5.56 Å². The average molecular weight is 286 g/mol. The van der Waals surface area contributed by atoms with Crippen molar-refractivity contribution >= 4 is 16.7 Å². The Morgan fingerprint density at radius 2 is 1.86 bits per heavy atom. The van der Waals surface area contributed by atoms with Crippen LogP contribution in [0.1, 0.15) is 5.69 Å². The van der Waals surface area contributed by atoms with E-state index >= 15 is 0 Å². The Labute approximate surface area is 122 Å². The lowest BCUT2D eigenvalue weighted by Crippen LogP contribution is -2.47. The molecule has 0 saturated carbocycles. The number of hydrogen-bond donors (Lipinski definition) is 1. The van der Waals surface area contributed by atoms with E-state index in [0.29, 0.717) is 11.1 Å². The molecule has 1 aromatic heterocycles. The van der Waals surface area contributed by atoms with Gasteiger partial charge in [0.2, 0.25) is 5.91 Å². The van der Waals surface area contributed by atoms with Gasteiger partial charge in [-0.3, -0.25) is 9.59 Å². The van der Waals surface area contributed by atoms with Gasteiger partial charge in [0.05, 0.1) is 17.5 Å². The van der Waals surface area contributed by atoms with Gasteiger partial charge in [-0.05, 0) is 13.1 Å². The van der Waals surface area contributed by atoms with Crippen molar-refractivity contribution in [2.24, 2.45) is 0 Å². The maximum atomic E-state index is 12.4. The van der Waals surface area contributed by atoms with Gasteiger partial charge in [0, 0.05) is 31.6 Å². The third-order valence-electron chi connectivity index (χ3n) is 3.95. The standard InChI is InChI=1S/C15H18N4O2/c1-18-6-8-19(9-7-18)14(20)10-13-11-4-2-3-5-12(11)15(21)17-16-13/h2-5H,6-10H2,1H3,(H,17,21). The highest BCUT2D eigenvalue weighted by Gasteiger charge is 2.20. The zero-order valence-electron chi connectivity index (χ0n) is 12.0. The number of H-pyrrole nitrogens is 1. The van der Waals surface area contributed by atoms with E-state index in [0.717, 1.165) is 31.6 Å². The molecule has 0 unspecified atom stereocenters. The fourth-order valence-electron chi connectivity index (χ4n) is 2.62. The fraction of sp³-hybridized carbons (Fsp3) is 0.400. The highest BCUT2D eigenvalue weighted by Crippen LogP contribution is 2.14. The van der Waals surface area contributed by atoms with E-state index in [-0.39, 0.29) is 17.9 Å². The zero-order chi connectivity index (χ0) is 14.8. The summed E-state index contributed by atoms with van der Waals surface area (Å²) in [6.07, 6.45) is 0.223. The first-order valence-corrected chi connectivity index (χ1v) is 7.08. The van der Waals surface area contributed by atoms with E-state index < -0.39 is 0 Å². The number of likely N-dealkylation sites (N-methyl/N-ethyl adjacent to an activating group) is 1. The number of nitrogens with one attached hydrogen (secondary N) is 1. The van der Waals surface area contributed by atoms with E-state index in [2.05, 4.69) is 22.1 Å². The smallest absolute Gasteiger partial charge is 0.272 e. The summed E-state index contributed by atoms with van der Waals surface area (Å²) in [4.78, 5) is 28.2. The highest BCUT2D eigenvalue weighted by atomic mass is 16.2. The topological polar surface area (TPSA) is 69.3 Å². The van der Waals surface area contributed by atoms with Gasteiger partial charge in [0.25, 0.3) is 5.56 Å². The van der Waals surface area contributed by atoms with Gasteiger partial charge in [0.1, 0.15) is 0 Å². The molecule has 1 aliphatic rings. The van der Waals surface area contributed by atoms with Crippen molar-refractivity contribution in [3.05, 3.63) is 40.3 Å². The van der Waals surface area contributed by atoms with Crippen molar-refractivity contribution in [2.75, 3.05) is 33.2 Å². The van der Waals surface area contributed by atoms with E-state index in [4.69, 9.17) is 0 Å². The van der Waals surface area contributed by atoms with Crippen molar-refractivity contribution in [1.29, 1.82) is 0 Å². The molecule has 2 heterocycles. The second-order valence-corrected chi connectivity index (χ2v) is 5.41. The lowest BCUT2D eigenvalue weighted by molar-refractivity contribution is -0.132. The number of aromatic nitrogens is 2. The summed E-state index contributed by atoms with van der Waals surface area (Å²) >= 11 is 0. The van der Waals surface area contributed by atoms with Crippen LogP contribution in [0.4, 0.5) is 0 Å². The third-order valence-corrected chi connectivity index (χ3v) is 3.95. The first kappa shape index (κ1) is 13.8. The Bertz CT molecular complexity index is 717. The molecular formula is C15H18N4O2. The van der Waals surface area contributed by atoms with Crippen LogP contribution in [-0.2, 0) is 11.2 Å². The highest BCUT2D eigenvalue weighted by molar-refractivity contribution is 5.88. The van der Waals surface area contributed by atoms with Crippen LogP contribution in [0.3, 0.4) is 0 Å². The van der Waals surface area contributed by atoms with Crippen molar-refractivity contribution in [3.8, 4) is 0 Å². The zero-order valence-corrected chi connectivity index (χ0v) is 12.0. The quantitative estimate of drug-likeness (QED) is 0.858. The van der Waals surface area contributed by atoms with E-state index in [1.807, 2.05) is 23.1 Å². The van der Waals surface area contributed by atoms with Crippen LogP contribution in [0.5, 0.6) is 0 Å². The van der Waals surface area contributed by atoms with Crippen molar-refractivity contribution in [1.82, 2.24) is 20.0 Å². The van der Waals surface area contributed by atoms with Gasteiger partial charge in [-0.15, -0.1) is 0 Å². The molecule has 110 valence electrons. The molecule has 0 aliphatic carbocycles. The van der Waals surface area contributed by atoms with Gasteiger partial charge < -0.3 is 9.80 Å². The molecule has 21 heavy (non-hydrogen) atoms. The maximum Gasteiger partial charge on any atom is 0.272 e. The Balaban J connectivity index is 1.83. The summed E-state index contributed by atoms with van der Waals surface area (Å²) in [6.45, 7) is 3.28. The Morgan fingerprint density at radius 1 is 1.19 bits per heavy atom. The number of carbonyl (C=O) groups is 1. The predicted molar refractivity (Wildman–Crippen MR) is 80.1 cm³/mol. The summed E-state index contributed by atoms with van der Waals surface area (Å²) in [5.74, 6) is 0.0628. The molecule has 0 atom stereocenters. The number of rotatable bonds is 2. The molecule has 1 amide bonds. The number of hydrogen-bond acceptors (Lipinski definition) is 4. The molecule has 0 bridgehead atoms. The van der Waals surface area contributed by atoms with E-state index in [9.17, 15) is 9.59 Å². The number of amides is 1. The summed E-state index contributed by atoms with van der Waals surface area (Å²) in [5, 5.41) is 7.87. The van der Waals surface area contributed by atoms with Gasteiger partial charge in [-0.2, -0.15) is 5.10 Å². The molecule has 0 spiro atoms. The minimum Gasteiger partial charge on any atom is -0.340 e. The van der Waals surface area contributed by atoms with Gasteiger partial charge >= 0.3 is 0 Å². The molecular weight excluding hydrogens is 268 g/mol. The van der Waals surface area contributed by atoms with Crippen LogP contribution in [0.15, 0.2) is 29.1 Å². The minimum atomic E-state index is -0.221. The van der Waals surface area contributed by atoms with Crippen LogP contribution in [0, 0.1) is 0 Å². The molecule has 6 nitrogen and oxygen atoms in total. The van der Waals surface area contributed by atoms with Crippen LogP contribution >= 0.6 is 0 Å². The number of fused-ring (bicyclic) bond motifs is 1. The van der Waals surface area contributed by atoms with Crippen molar-refractivity contribution in [2.45, 2.75) is 6.42 Å². The Morgan fingerprint density at radius 3 is 2.57 bits per heavy atom. The normalized spacial score (nSPS) is 16.3. The number of aromatic amines is 1. The van der Waals surface area contributed by atoms with E-state index in [1.165, 1.54) is 0 Å². The molecule has 2 aromatic rings. The first-order valence-electron chi connectivity index (χ1n) is 7.08. The van der Waals surface area contributed by atoms with Crippen LogP contribution in [0.25, 0.3) is 10.8 Å². The Kier molecular flexibility index (Phi) is 3.70. The fourth-order valence-corrected chi connectivity index (χ4v) is 2.62. The van der Waals surface area contributed by atoms with Crippen LogP contribution in [-0.4, -0.2) is 59.1 Å². The third kappa shape index (κ3) is 2.80.